The minimum Gasteiger partial charge on any atom is -0.497 e. The van der Waals surface area contributed by atoms with Crippen LogP contribution in [0, 0.1) is 11.6 Å². The van der Waals surface area contributed by atoms with Crippen molar-refractivity contribution in [3.05, 3.63) is 59.2 Å². The predicted molar refractivity (Wildman–Crippen MR) is 88.9 cm³/mol. The number of carbonyl (C=O) groups excluding carboxylic acids is 1. The molecule has 1 atom stereocenters. The Morgan fingerprint density at radius 3 is 2.56 bits per heavy atom. The molecule has 3 rings (SSSR count). The van der Waals surface area contributed by atoms with Gasteiger partial charge in [0.2, 0.25) is 0 Å². The van der Waals surface area contributed by atoms with Crippen molar-refractivity contribution in [2.24, 2.45) is 0 Å². The number of rotatable bonds is 4. The molecule has 25 heavy (non-hydrogen) atoms. The van der Waals surface area contributed by atoms with Crippen LogP contribution in [0.15, 0.2) is 36.4 Å². The fourth-order valence-corrected chi connectivity index (χ4v) is 3.23. The summed E-state index contributed by atoms with van der Waals surface area (Å²) in [6, 6.07) is 8.45. The lowest BCUT2D eigenvalue weighted by atomic mass is 10.0. The van der Waals surface area contributed by atoms with E-state index < -0.39 is 11.6 Å². The summed E-state index contributed by atoms with van der Waals surface area (Å²) in [4.78, 5) is 14.5. The summed E-state index contributed by atoms with van der Waals surface area (Å²) in [6.07, 6.45) is 1.58. The number of methoxy groups -OCH3 is 2. The van der Waals surface area contributed by atoms with Crippen LogP contribution < -0.4 is 9.47 Å². The molecule has 0 aliphatic carbocycles. The Kier molecular flexibility index (Phi) is 4.88. The van der Waals surface area contributed by atoms with E-state index >= 15 is 0 Å². The van der Waals surface area contributed by atoms with E-state index in [9.17, 15) is 13.6 Å². The van der Waals surface area contributed by atoms with Crippen molar-refractivity contribution in [2.45, 2.75) is 18.9 Å². The second-order valence-corrected chi connectivity index (χ2v) is 5.89. The molecule has 132 valence electrons. The molecule has 6 heteroatoms. The van der Waals surface area contributed by atoms with Crippen LogP contribution in [0.1, 0.15) is 34.8 Å². The molecule has 1 heterocycles. The zero-order valence-corrected chi connectivity index (χ0v) is 14.1. The van der Waals surface area contributed by atoms with Crippen LogP contribution in [-0.2, 0) is 0 Å². The van der Waals surface area contributed by atoms with Gasteiger partial charge in [-0.2, -0.15) is 0 Å². The van der Waals surface area contributed by atoms with E-state index in [1.807, 2.05) is 6.07 Å². The summed E-state index contributed by atoms with van der Waals surface area (Å²) in [6.45, 7) is 0.545. The van der Waals surface area contributed by atoms with Gasteiger partial charge in [-0.3, -0.25) is 4.79 Å². The highest BCUT2D eigenvalue weighted by Gasteiger charge is 2.33. The van der Waals surface area contributed by atoms with E-state index in [0.717, 1.165) is 30.5 Å². The summed E-state index contributed by atoms with van der Waals surface area (Å²) in [5.41, 5.74) is 0.975. The summed E-state index contributed by atoms with van der Waals surface area (Å²) in [5.74, 6) is -0.991. The van der Waals surface area contributed by atoms with Crippen molar-refractivity contribution < 1.29 is 23.0 Å². The molecule has 0 aromatic heterocycles. The maximum atomic E-state index is 13.5. The zero-order valence-electron chi connectivity index (χ0n) is 14.1. The number of amides is 1. The van der Waals surface area contributed by atoms with Crippen LogP contribution in [0.4, 0.5) is 8.78 Å². The molecule has 1 amide bonds. The molecule has 0 saturated carbocycles. The average Bonchev–Trinajstić information content (AvgIpc) is 3.12. The van der Waals surface area contributed by atoms with Gasteiger partial charge in [-0.1, -0.05) is 0 Å². The highest BCUT2D eigenvalue weighted by molar-refractivity contribution is 5.94. The monoisotopic (exact) mass is 347 g/mol. The Labute approximate surface area is 145 Å². The van der Waals surface area contributed by atoms with Gasteiger partial charge in [0.05, 0.1) is 20.3 Å². The smallest absolute Gasteiger partial charge is 0.254 e. The number of halogens is 2. The Bertz CT molecular complexity index is 794. The third kappa shape index (κ3) is 3.29. The fourth-order valence-electron chi connectivity index (χ4n) is 3.23. The Morgan fingerprint density at radius 1 is 1.08 bits per heavy atom. The molecule has 0 spiro atoms. The number of nitrogens with zero attached hydrogens (tertiary/aromatic N) is 1. The van der Waals surface area contributed by atoms with Crippen molar-refractivity contribution in [3.8, 4) is 11.5 Å². The molecule has 2 aromatic rings. The first-order chi connectivity index (χ1) is 12.0. The summed E-state index contributed by atoms with van der Waals surface area (Å²) in [7, 11) is 3.15. The lowest BCUT2D eigenvalue weighted by Gasteiger charge is -2.27. The standard InChI is InChI=1S/C19H19F2NO3/c1-24-13-6-8-18(25-2)14(11-13)17-4-3-9-22(17)19(23)12-5-7-15(20)16(21)10-12/h5-8,10-11,17H,3-4,9H2,1-2H3. The molecule has 1 aliphatic rings. The summed E-state index contributed by atoms with van der Waals surface area (Å²) >= 11 is 0. The topological polar surface area (TPSA) is 38.8 Å². The van der Waals surface area contributed by atoms with Gasteiger partial charge in [0.1, 0.15) is 11.5 Å². The van der Waals surface area contributed by atoms with Crippen molar-refractivity contribution >= 4 is 5.91 Å². The predicted octanol–water partition coefficient (Wildman–Crippen LogP) is 3.96. The van der Waals surface area contributed by atoms with Crippen LogP contribution >= 0.6 is 0 Å². The van der Waals surface area contributed by atoms with E-state index in [-0.39, 0.29) is 17.5 Å². The molecule has 1 fully saturated rings. The van der Waals surface area contributed by atoms with Crippen LogP contribution in [0.5, 0.6) is 11.5 Å². The number of hydrogen-bond acceptors (Lipinski definition) is 3. The van der Waals surface area contributed by atoms with E-state index in [1.54, 1.807) is 31.3 Å². The number of hydrogen-bond donors (Lipinski definition) is 0. The van der Waals surface area contributed by atoms with Crippen LogP contribution in [0.25, 0.3) is 0 Å². The molecule has 1 saturated heterocycles. The molecule has 0 N–H and O–H groups in total. The van der Waals surface area contributed by atoms with Gasteiger partial charge < -0.3 is 14.4 Å². The van der Waals surface area contributed by atoms with E-state index in [2.05, 4.69) is 0 Å². The van der Waals surface area contributed by atoms with E-state index in [1.165, 1.54) is 6.07 Å². The highest BCUT2D eigenvalue weighted by Crippen LogP contribution is 2.39. The summed E-state index contributed by atoms with van der Waals surface area (Å²) in [5, 5.41) is 0. The largest absolute Gasteiger partial charge is 0.497 e. The first-order valence-electron chi connectivity index (χ1n) is 8.03. The quantitative estimate of drug-likeness (QED) is 0.840. The second-order valence-electron chi connectivity index (χ2n) is 5.89. The highest BCUT2D eigenvalue weighted by atomic mass is 19.2. The van der Waals surface area contributed by atoms with Crippen molar-refractivity contribution in [3.63, 3.8) is 0 Å². The Balaban J connectivity index is 1.95. The van der Waals surface area contributed by atoms with Gasteiger partial charge >= 0.3 is 0 Å². The van der Waals surface area contributed by atoms with Gasteiger partial charge in [0, 0.05) is 17.7 Å². The third-order valence-electron chi connectivity index (χ3n) is 4.48. The molecule has 0 radical (unpaired) electrons. The molecule has 0 bridgehead atoms. The van der Waals surface area contributed by atoms with Crippen molar-refractivity contribution in [1.82, 2.24) is 4.90 Å². The Hall–Kier alpha value is -2.63. The summed E-state index contributed by atoms with van der Waals surface area (Å²) < 4.78 is 37.3. The maximum absolute atomic E-state index is 13.5. The number of benzene rings is 2. The molecular formula is C19H19F2NO3. The van der Waals surface area contributed by atoms with Crippen LogP contribution in [-0.4, -0.2) is 31.6 Å². The number of likely N-dealkylation sites (tertiary alicyclic amines) is 1. The Morgan fingerprint density at radius 2 is 1.88 bits per heavy atom. The lowest BCUT2D eigenvalue weighted by molar-refractivity contribution is 0.0733. The van der Waals surface area contributed by atoms with Gasteiger partial charge in [0.25, 0.3) is 5.91 Å². The molecule has 1 unspecified atom stereocenters. The van der Waals surface area contributed by atoms with Crippen LogP contribution in [0.3, 0.4) is 0 Å². The lowest BCUT2D eigenvalue weighted by Crippen LogP contribution is -2.30. The molecular weight excluding hydrogens is 328 g/mol. The average molecular weight is 347 g/mol. The number of carbonyl (C=O) groups is 1. The SMILES string of the molecule is COc1ccc(OC)c(C2CCCN2C(=O)c2ccc(F)c(F)c2)c1. The van der Waals surface area contributed by atoms with Gasteiger partial charge in [-0.25, -0.2) is 8.78 Å². The van der Waals surface area contributed by atoms with Gasteiger partial charge in [-0.05, 0) is 49.2 Å². The molecule has 1 aliphatic heterocycles. The minimum absolute atomic E-state index is 0.132. The third-order valence-corrected chi connectivity index (χ3v) is 4.48. The van der Waals surface area contributed by atoms with Crippen molar-refractivity contribution in [2.75, 3.05) is 20.8 Å². The first-order valence-corrected chi connectivity index (χ1v) is 8.03. The second kappa shape index (κ2) is 7.09. The normalized spacial score (nSPS) is 16.8. The minimum atomic E-state index is -1.03. The van der Waals surface area contributed by atoms with Gasteiger partial charge in [-0.15, -0.1) is 0 Å². The zero-order chi connectivity index (χ0) is 18.0. The number of ether oxygens (including phenoxy) is 2. The molecule has 4 nitrogen and oxygen atoms in total. The van der Waals surface area contributed by atoms with Gasteiger partial charge in [0.15, 0.2) is 11.6 Å². The van der Waals surface area contributed by atoms with Crippen LogP contribution in [0.2, 0.25) is 0 Å². The van der Waals surface area contributed by atoms with E-state index in [0.29, 0.717) is 18.0 Å². The first kappa shape index (κ1) is 17.2. The maximum Gasteiger partial charge on any atom is 0.254 e. The molecule has 2 aromatic carbocycles. The van der Waals surface area contributed by atoms with Crippen molar-refractivity contribution in [1.29, 1.82) is 0 Å². The fraction of sp³-hybridized carbons (Fsp3) is 0.316. The van der Waals surface area contributed by atoms with E-state index in [4.69, 9.17) is 9.47 Å².